The highest BCUT2D eigenvalue weighted by atomic mass is 32.2. The minimum atomic E-state index is -3.68. The Morgan fingerprint density at radius 3 is 2.55 bits per heavy atom. The maximum absolute atomic E-state index is 11.1. The van der Waals surface area contributed by atoms with E-state index in [2.05, 4.69) is 28.4 Å². The van der Waals surface area contributed by atoms with E-state index >= 15 is 0 Å². The highest BCUT2D eigenvalue weighted by Crippen LogP contribution is 2.23. The number of rotatable bonds is 1. The lowest BCUT2D eigenvalue weighted by Gasteiger charge is -2.01. The summed E-state index contributed by atoms with van der Waals surface area (Å²) in [6.45, 7) is 3.18. The second-order valence-corrected chi connectivity index (χ2v) is 5.85. The van der Waals surface area contributed by atoms with Gasteiger partial charge in [0, 0.05) is 11.5 Å². The van der Waals surface area contributed by atoms with Crippen LogP contribution < -0.4 is 9.67 Å². The summed E-state index contributed by atoms with van der Waals surface area (Å²) in [5.74, 6) is -0.675. The molecule has 1 aliphatic rings. The standard InChI is InChI=1S/C7H5NO3S.C6H11N2/c9-7-5-3-1-2-4-6(5)12(10,11)8-7;1-3-8-5-4-7(2)6-8/h1-4H,(H,8,9);4-6H,3H2,1-2H3/q;+1/p-1. The molecule has 6 nitrogen and oxygen atoms in total. The molecule has 0 radical (unpaired) electrons. The molecule has 0 spiro atoms. The van der Waals surface area contributed by atoms with E-state index in [1.807, 2.05) is 17.8 Å². The van der Waals surface area contributed by atoms with Crippen molar-refractivity contribution in [2.45, 2.75) is 18.4 Å². The molecule has 0 saturated heterocycles. The Hall–Kier alpha value is -2.15. The van der Waals surface area contributed by atoms with Crippen LogP contribution in [0.2, 0.25) is 0 Å². The normalized spacial score (nSPS) is 15.0. The van der Waals surface area contributed by atoms with Gasteiger partial charge in [-0.2, -0.15) is 12.8 Å². The van der Waals surface area contributed by atoms with Crippen LogP contribution in [0.4, 0.5) is 0 Å². The van der Waals surface area contributed by atoms with Crippen molar-refractivity contribution in [2.75, 3.05) is 0 Å². The molecule has 0 saturated carbocycles. The smallest absolute Gasteiger partial charge is 0.282 e. The highest BCUT2D eigenvalue weighted by Gasteiger charge is 2.22. The molecule has 0 bridgehead atoms. The second kappa shape index (κ2) is 5.46. The monoisotopic (exact) mass is 293 g/mol. The minimum Gasteiger partial charge on any atom is -0.858 e. The first-order chi connectivity index (χ1) is 9.44. The number of hydrogen-bond donors (Lipinski definition) is 0. The Morgan fingerprint density at radius 1 is 1.35 bits per heavy atom. The zero-order valence-electron chi connectivity index (χ0n) is 11.2. The van der Waals surface area contributed by atoms with Gasteiger partial charge in [0.1, 0.15) is 12.4 Å². The molecular weight excluding hydrogens is 278 g/mol. The van der Waals surface area contributed by atoms with Crippen LogP contribution in [0.25, 0.3) is 0 Å². The average Bonchev–Trinajstić information content (AvgIpc) is 2.93. The van der Waals surface area contributed by atoms with Gasteiger partial charge in [0.25, 0.3) is 10.0 Å². The molecule has 3 rings (SSSR count). The van der Waals surface area contributed by atoms with E-state index in [0.717, 1.165) is 6.54 Å². The topological polar surface area (TPSA) is 78.4 Å². The number of fused-ring (bicyclic) bond motifs is 1. The number of aryl methyl sites for hydroxylation is 2. The number of aromatic nitrogens is 2. The fraction of sp³-hybridized carbons (Fsp3) is 0.231. The first kappa shape index (κ1) is 14.3. The summed E-state index contributed by atoms with van der Waals surface area (Å²) in [5.41, 5.74) is 0.164. The van der Waals surface area contributed by atoms with E-state index in [4.69, 9.17) is 0 Å². The van der Waals surface area contributed by atoms with Gasteiger partial charge in [0.05, 0.1) is 18.5 Å². The predicted octanol–water partition coefficient (Wildman–Crippen LogP) is -0.172. The summed E-state index contributed by atoms with van der Waals surface area (Å²) in [5, 5.41) is 10.9. The summed E-state index contributed by atoms with van der Waals surface area (Å²) in [6, 6.07) is 5.99. The van der Waals surface area contributed by atoms with Crippen LogP contribution >= 0.6 is 0 Å². The van der Waals surface area contributed by atoms with Crippen LogP contribution in [0.1, 0.15) is 12.5 Å². The van der Waals surface area contributed by atoms with Crippen molar-refractivity contribution in [1.29, 1.82) is 0 Å². The molecule has 20 heavy (non-hydrogen) atoms. The summed E-state index contributed by atoms with van der Waals surface area (Å²) in [4.78, 5) is 0.00926. The third kappa shape index (κ3) is 2.88. The van der Waals surface area contributed by atoms with Gasteiger partial charge in [-0.1, -0.05) is 18.2 Å². The molecule has 0 N–H and O–H groups in total. The molecular formula is C13H15N3O3S. The van der Waals surface area contributed by atoms with Gasteiger partial charge in [-0.15, -0.1) is 0 Å². The van der Waals surface area contributed by atoms with Crippen LogP contribution in [0, 0.1) is 0 Å². The van der Waals surface area contributed by atoms with Gasteiger partial charge in [-0.3, -0.25) is 0 Å². The van der Waals surface area contributed by atoms with Gasteiger partial charge in [-0.05, 0) is 13.0 Å². The van der Waals surface area contributed by atoms with Crippen LogP contribution in [-0.4, -0.2) is 18.9 Å². The summed E-state index contributed by atoms with van der Waals surface area (Å²) in [7, 11) is -1.66. The Bertz CT molecular complexity index is 748. The lowest BCUT2D eigenvalue weighted by molar-refractivity contribution is -0.671. The molecule has 1 aromatic heterocycles. The Balaban J connectivity index is 0.000000160. The number of sulfonamides is 1. The molecule has 0 unspecified atom stereocenters. The van der Waals surface area contributed by atoms with Crippen molar-refractivity contribution < 1.29 is 18.1 Å². The number of imidazole rings is 1. The summed E-state index contributed by atoms with van der Waals surface area (Å²) in [6.07, 6.45) is 6.14. The maximum Gasteiger partial charge on any atom is 0.282 e. The second-order valence-electron chi connectivity index (χ2n) is 4.28. The molecule has 1 aliphatic heterocycles. The Kier molecular flexibility index (Phi) is 3.89. The zero-order chi connectivity index (χ0) is 14.8. The van der Waals surface area contributed by atoms with E-state index in [-0.39, 0.29) is 10.5 Å². The lowest BCUT2D eigenvalue weighted by Crippen LogP contribution is -2.23. The van der Waals surface area contributed by atoms with Crippen molar-refractivity contribution in [2.24, 2.45) is 11.4 Å². The van der Waals surface area contributed by atoms with E-state index in [1.165, 1.54) is 12.1 Å². The van der Waals surface area contributed by atoms with Crippen molar-refractivity contribution in [3.8, 4) is 0 Å². The SMILES string of the molecule is CCn1cc[n+](C)c1.O=S1(=O)N=C([O-])c2ccccc21. The third-order valence-corrected chi connectivity index (χ3v) is 4.11. The van der Waals surface area contributed by atoms with Crippen molar-refractivity contribution in [3.05, 3.63) is 48.5 Å². The molecule has 1 aromatic carbocycles. The van der Waals surface area contributed by atoms with Crippen molar-refractivity contribution in [1.82, 2.24) is 4.57 Å². The zero-order valence-corrected chi connectivity index (χ0v) is 12.0. The van der Waals surface area contributed by atoms with Crippen LogP contribution in [0.3, 0.4) is 0 Å². The fourth-order valence-corrected chi connectivity index (χ4v) is 2.86. The number of hydrogen-bond acceptors (Lipinski definition) is 3. The molecule has 0 atom stereocenters. The number of nitrogens with zero attached hydrogens (tertiary/aromatic N) is 3. The van der Waals surface area contributed by atoms with Gasteiger partial charge in [-0.25, -0.2) is 9.13 Å². The average molecular weight is 293 g/mol. The van der Waals surface area contributed by atoms with E-state index in [0.29, 0.717) is 0 Å². The molecule has 2 heterocycles. The Morgan fingerprint density at radius 2 is 2.05 bits per heavy atom. The van der Waals surface area contributed by atoms with Gasteiger partial charge in [0.2, 0.25) is 6.33 Å². The molecule has 0 fully saturated rings. The minimum absolute atomic E-state index is 0.00926. The largest absolute Gasteiger partial charge is 0.858 e. The maximum atomic E-state index is 11.1. The van der Waals surface area contributed by atoms with Gasteiger partial charge in [0.15, 0.2) is 0 Å². The van der Waals surface area contributed by atoms with Crippen molar-refractivity contribution >= 4 is 15.9 Å². The molecule has 106 valence electrons. The Labute approximate surface area is 117 Å². The molecule has 0 aliphatic carbocycles. The van der Waals surface area contributed by atoms with Gasteiger partial charge >= 0.3 is 0 Å². The highest BCUT2D eigenvalue weighted by molar-refractivity contribution is 7.90. The lowest BCUT2D eigenvalue weighted by atomic mass is 10.2. The van der Waals surface area contributed by atoms with E-state index in [1.54, 1.807) is 12.1 Å². The van der Waals surface area contributed by atoms with Gasteiger partial charge < -0.3 is 5.11 Å². The quantitative estimate of drug-likeness (QED) is 0.685. The van der Waals surface area contributed by atoms with Crippen LogP contribution in [0.15, 0.2) is 52.3 Å². The van der Waals surface area contributed by atoms with Crippen molar-refractivity contribution in [3.63, 3.8) is 0 Å². The van der Waals surface area contributed by atoms with Crippen LogP contribution in [-0.2, 0) is 23.6 Å². The third-order valence-electron chi connectivity index (χ3n) is 2.79. The summed E-state index contributed by atoms with van der Waals surface area (Å²) >= 11 is 0. The first-order valence-corrected chi connectivity index (χ1v) is 7.50. The van der Waals surface area contributed by atoms with E-state index < -0.39 is 15.9 Å². The van der Waals surface area contributed by atoms with Crippen LogP contribution in [0.5, 0.6) is 0 Å². The first-order valence-electron chi connectivity index (χ1n) is 6.06. The van der Waals surface area contributed by atoms with E-state index in [9.17, 15) is 13.5 Å². The fourth-order valence-electron chi connectivity index (χ4n) is 1.76. The summed E-state index contributed by atoms with van der Waals surface area (Å²) < 4.78 is 29.3. The molecule has 0 amide bonds. The molecule has 7 heteroatoms. The molecule has 2 aromatic rings. The predicted molar refractivity (Wildman–Crippen MR) is 71.4 cm³/mol. The number of benzene rings is 1.